The normalized spacial score (nSPS) is 17.3. The van der Waals surface area contributed by atoms with E-state index in [0.29, 0.717) is 13.1 Å². The Morgan fingerprint density at radius 1 is 1.32 bits per heavy atom. The standard InChI is InChI=1S/C13H17F3N4O2/c14-13(15,16)9-20-7-4-17-12(20)10(18-22)8-11(21)19-5-2-1-3-6-19/h4,7,10H,1-3,5-6,8-9H2. The molecule has 0 spiro atoms. The van der Waals surface area contributed by atoms with E-state index in [4.69, 9.17) is 0 Å². The molecule has 1 amide bonds. The molecule has 0 saturated carbocycles. The molecule has 122 valence electrons. The Labute approximate surface area is 125 Å². The van der Waals surface area contributed by atoms with Crippen LogP contribution in [0.3, 0.4) is 0 Å². The van der Waals surface area contributed by atoms with Crippen LogP contribution >= 0.6 is 0 Å². The lowest BCUT2D eigenvalue weighted by Gasteiger charge is -2.27. The first-order valence-corrected chi connectivity index (χ1v) is 7.09. The highest BCUT2D eigenvalue weighted by molar-refractivity contribution is 5.77. The highest BCUT2D eigenvalue weighted by atomic mass is 19.4. The molecule has 1 aromatic heterocycles. The molecular weight excluding hydrogens is 301 g/mol. The minimum Gasteiger partial charge on any atom is -0.343 e. The number of amides is 1. The summed E-state index contributed by atoms with van der Waals surface area (Å²) in [6.45, 7) is -0.0327. The monoisotopic (exact) mass is 318 g/mol. The largest absolute Gasteiger partial charge is 0.406 e. The van der Waals surface area contributed by atoms with E-state index in [2.05, 4.69) is 10.2 Å². The Morgan fingerprint density at radius 2 is 2.00 bits per heavy atom. The molecule has 1 fully saturated rings. The molecule has 0 aliphatic carbocycles. The number of carbonyl (C=O) groups is 1. The summed E-state index contributed by atoms with van der Waals surface area (Å²) >= 11 is 0. The maximum absolute atomic E-state index is 12.5. The van der Waals surface area contributed by atoms with Crippen LogP contribution < -0.4 is 0 Å². The molecule has 0 N–H and O–H groups in total. The number of imidazole rings is 1. The maximum atomic E-state index is 12.5. The average molecular weight is 318 g/mol. The van der Waals surface area contributed by atoms with Crippen LogP contribution in [0.1, 0.15) is 37.5 Å². The zero-order valence-corrected chi connectivity index (χ0v) is 11.9. The van der Waals surface area contributed by atoms with Gasteiger partial charge in [-0.2, -0.15) is 18.1 Å². The molecule has 0 aromatic carbocycles. The molecule has 2 heterocycles. The number of aromatic nitrogens is 2. The van der Waals surface area contributed by atoms with Gasteiger partial charge in [0.1, 0.15) is 12.4 Å². The van der Waals surface area contributed by atoms with Crippen molar-refractivity contribution in [3.63, 3.8) is 0 Å². The molecule has 1 atom stereocenters. The lowest BCUT2D eigenvalue weighted by molar-refractivity contribution is -0.141. The molecule has 6 nitrogen and oxygen atoms in total. The van der Waals surface area contributed by atoms with Gasteiger partial charge in [0.2, 0.25) is 5.91 Å². The molecule has 1 aromatic rings. The first-order valence-electron chi connectivity index (χ1n) is 7.09. The van der Waals surface area contributed by atoms with Crippen molar-refractivity contribution in [1.29, 1.82) is 0 Å². The summed E-state index contributed by atoms with van der Waals surface area (Å²) in [6.07, 6.45) is 0.464. The highest BCUT2D eigenvalue weighted by Gasteiger charge is 2.32. The summed E-state index contributed by atoms with van der Waals surface area (Å²) < 4.78 is 38.3. The number of hydrogen-bond donors (Lipinski definition) is 0. The number of piperidine rings is 1. The van der Waals surface area contributed by atoms with E-state index in [1.807, 2.05) is 0 Å². The molecule has 1 aliphatic heterocycles. The minimum absolute atomic E-state index is 0.127. The van der Waals surface area contributed by atoms with E-state index in [9.17, 15) is 22.9 Å². The summed E-state index contributed by atoms with van der Waals surface area (Å²) in [5.41, 5.74) is 0. The lowest BCUT2D eigenvalue weighted by Crippen LogP contribution is -2.36. The van der Waals surface area contributed by atoms with E-state index < -0.39 is 18.8 Å². The summed E-state index contributed by atoms with van der Waals surface area (Å²) in [5.74, 6) is -0.399. The van der Waals surface area contributed by atoms with Gasteiger partial charge in [0.25, 0.3) is 0 Å². The van der Waals surface area contributed by atoms with E-state index >= 15 is 0 Å². The molecular formula is C13H17F3N4O2. The number of rotatable bonds is 5. The Hall–Kier alpha value is -1.93. The van der Waals surface area contributed by atoms with Crippen molar-refractivity contribution in [3.05, 3.63) is 23.1 Å². The van der Waals surface area contributed by atoms with Gasteiger partial charge in [0.05, 0.1) is 6.42 Å². The number of hydrogen-bond acceptors (Lipinski definition) is 4. The zero-order valence-electron chi connectivity index (χ0n) is 11.9. The van der Waals surface area contributed by atoms with Crippen LogP contribution in [-0.4, -0.2) is 39.6 Å². The SMILES string of the molecule is O=NC(CC(=O)N1CCCCC1)c1nccn1CC(F)(F)F. The van der Waals surface area contributed by atoms with Crippen LogP contribution in [0, 0.1) is 4.91 Å². The van der Waals surface area contributed by atoms with Gasteiger partial charge in [0.15, 0.2) is 6.04 Å². The van der Waals surface area contributed by atoms with Gasteiger partial charge in [-0.15, -0.1) is 0 Å². The average Bonchev–Trinajstić information content (AvgIpc) is 2.91. The molecule has 2 rings (SSSR count). The first-order chi connectivity index (χ1) is 10.4. The van der Waals surface area contributed by atoms with E-state index in [0.717, 1.165) is 30.0 Å². The predicted octanol–water partition coefficient (Wildman–Crippen LogP) is 2.66. The van der Waals surface area contributed by atoms with E-state index in [-0.39, 0.29) is 18.2 Å². The number of carbonyl (C=O) groups excluding carboxylic acids is 1. The van der Waals surface area contributed by atoms with Crippen LogP contribution in [0.2, 0.25) is 0 Å². The van der Waals surface area contributed by atoms with E-state index in [1.165, 1.54) is 6.20 Å². The highest BCUT2D eigenvalue weighted by Crippen LogP contribution is 2.25. The molecule has 0 bridgehead atoms. The van der Waals surface area contributed by atoms with Crippen LogP contribution in [-0.2, 0) is 11.3 Å². The topological polar surface area (TPSA) is 67.6 Å². The Morgan fingerprint density at radius 3 is 2.59 bits per heavy atom. The third-order valence-corrected chi connectivity index (χ3v) is 3.60. The molecule has 1 aliphatic rings. The van der Waals surface area contributed by atoms with Gasteiger partial charge in [0, 0.05) is 25.5 Å². The predicted molar refractivity (Wildman–Crippen MR) is 71.9 cm³/mol. The summed E-state index contributed by atoms with van der Waals surface area (Å²) in [4.78, 5) is 28.5. The van der Waals surface area contributed by atoms with Gasteiger partial charge < -0.3 is 9.47 Å². The Balaban J connectivity index is 2.06. The van der Waals surface area contributed by atoms with Gasteiger partial charge in [-0.1, -0.05) is 5.18 Å². The van der Waals surface area contributed by atoms with Crippen molar-refractivity contribution in [1.82, 2.24) is 14.5 Å². The Bertz CT molecular complexity index is 524. The quantitative estimate of drug-likeness (QED) is 0.784. The van der Waals surface area contributed by atoms with Crippen LogP contribution in [0.25, 0.3) is 0 Å². The molecule has 0 radical (unpaired) electrons. The third-order valence-electron chi connectivity index (χ3n) is 3.60. The first kappa shape index (κ1) is 16.4. The number of alkyl halides is 3. The fraction of sp³-hybridized carbons (Fsp3) is 0.692. The van der Waals surface area contributed by atoms with Crippen molar-refractivity contribution in [2.75, 3.05) is 13.1 Å². The van der Waals surface area contributed by atoms with Crippen molar-refractivity contribution >= 4 is 5.91 Å². The second kappa shape index (κ2) is 6.89. The molecule has 22 heavy (non-hydrogen) atoms. The molecule has 9 heteroatoms. The number of likely N-dealkylation sites (tertiary alicyclic amines) is 1. The molecule has 1 saturated heterocycles. The van der Waals surface area contributed by atoms with Crippen molar-refractivity contribution < 1.29 is 18.0 Å². The van der Waals surface area contributed by atoms with Gasteiger partial charge in [-0.25, -0.2) is 4.98 Å². The number of halogens is 3. The Kier molecular flexibility index (Phi) is 5.15. The third kappa shape index (κ3) is 4.28. The summed E-state index contributed by atoms with van der Waals surface area (Å²) in [5, 5.41) is 2.81. The molecule has 1 unspecified atom stereocenters. The second-order valence-corrected chi connectivity index (χ2v) is 5.30. The van der Waals surface area contributed by atoms with Gasteiger partial charge >= 0.3 is 6.18 Å². The fourth-order valence-electron chi connectivity index (χ4n) is 2.56. The van der Waals surface area contributed by atoms with Crippen LogP contribution in [0.4, 0.5) is 13.2 Å². The number of nitroso groups, excluding NO2 is 1. The smallest absolute Gasteiger partial charge is 0.343 e. The van der Waals surface area contributed by atoms with E-state index in [1.54, 1.807) is 4.90 Å². The minimum atomic E-state index is -4.43. The fourth-order valence-corrected chi connectivity index (χ4v) is 2.56. The second-order valence-electron chi connectivity index (χ2n) is 5.30. The summed E-state index contributed by atoms with van der Waals surface area (Å²) in [6, 6.07) is -1.20. The van der Waals surface area contributed by atoms with Gasteiger partial charge in [-0.05, 0) is 19.3 Å². The van der Waals surface area contributed by atoms with Crippen molar-refractivity contribution in [2.45, 2.75) is 44.4 Å². The van der Waals surface area contributed by atoms with Crippen molar-refractivity contribution in [3.8, 4) is 0 Å². The maximum Gasteiger partial charge on any atom is 0.406 e. The summed E-state index contributed by atoms with van der Waals surface area (Å²) in [7, 11) is 0. The van der Waals surface area contributed by atoms with Crippen molar-refractivity contribution in [2.24, 2.45) is 5.18 Å². The van der Waals surface area contributed by atoms with Crippen LogP contribution in [0.5, 0.6) is 0 Å². The zero-order chi connectivity index (χ0) is 16.2. The van der Waals surface area contributed by atoms with Crippen LogP contribution in [0.15, 0.2) is 17.6 Å². The van der Waals surface area contributed by atoms with Gasteiger partial charge in [-0.3, -0.25) is 4.79 Å². The lowest BCUT2D eigenvalue weighted by atomic mass is 10.1. The number of nitrogens with zero attached hydrogens (tertiary/aromatic N) is 4.